The molecule has 4 aromatic carbocycles. The van der Waals surface area contributed by atoms with E-state index in [0.29, 0.717) is 0 Å². The van der Waals surface area contributed by atoms with E-state index in [-0.39, 0.29) is 0 Å². The molecule has 1 atom stereocenters. The summed E-state index contributed by atoms with van der Waals surface area (Å²) >= 11 is 0. The van der Waals surface area contributed by atoms with Crippen LogP contribution in [0.15, 0.2) is 127 Å². The second-order valence-corrected chi connectivity index (χ2v) is 10.4. The zero-order valence-electron chi connectivity index (χ0n) is 16.2. The monoisotopic (exact) mass is 395 g/mol. The molecular formula is C27H24OP+. The molecule has 1 nitrogen and oxygen atoms in total. The lowest BCUT2D eigenvalue weighted by molar-refractivity contribution is 0.305. The summed E-state index contributed by atoms with van der Waals surface area (Å²) in [6, 6.07) is 41.5. The maximum Gasteiger partial charge on any atom is 0.197 e. The van der Waals surface area contributed by atoms with E-state index in [0.717, 1.165) is 5.56 Å². The van der Waals surface area contributed by atoms with Crippen LogP contribution in [0, 0.1) is 0 Å². The van der Waals surface area contributed by atoms with Gasteiger partial charge in [-0.25, -0.2) is 0 Å². The van der Waals surface area contributed by atoms with Gasteiger partial charge in [-0.1, -0.05) is 91.0 Å². The van der Waals surface area contributed by atoms with E-state index >= 15 is 0 Å². The predicted octanol–water partition coefficient (Wildman–Crippen LogP) is 5.01. The van der Waals surface area contributed by atoms with Crippen LogP contribution in [-0.2, 0) is 0 Å². The predicted molar refractivity (Wildman–Crippen MR) is 127 cm³/mol. The van der Waals surface area contributed by atoms with Crippen molar-refractivity contribution < 1.29 is 5.11 Å². The van der Waals surface area contributed by atoms with Gasteiger partial charge in [0.2, 0.25) is 0 Å². The van der Waals surface area contributed by atoms with E-state index in [2.05, 4.69) is 84.9 Å². The Morgan fingerprint density at radius 2 is 0.862 bits per heavy atom. The van der Waals surface area contributed by atoms with Gasteiger partial charge < -0.3 is 5.11 Å². The highest BCUT2D eigenvalue weighted by Gasteiger charge is 2.51. The van der Waals surface area contributed by atoms with Gasteiger partial charge in [0.15, 0.2) is 5.85 Å². The highest BCUT2D eigenvalue weighted by atomic mass is 31.2. The Labute approximate surface area is 173 Å². The summed E-state index contributed by atoms with van der Waals surface area (Å²) in [4.78, 5) is 0. The average molecular weight is 395 g/mol. The summed E-state index contributed by atoms with van der Waals surface area (Å²) in [6.07, 6.45) is 3.98. The maximum atomic E-state index is 11.7. The van der Waals surface area contributed by atoms with Gasteiger partial charge in [-0.15, -0.1) is 0 Å². The maximum absolute atomic E-state index is 11.7. The number of aliphatic hydroxyl groups is 1. The lowest BCUT2D eigenvalue weighted by Crippen LogP contribution is -2.38. The molecule has 0 radical (unpaired) electrons. The molecule has 0 aliphatic rings. The third-order valence-corrected chi connectivity index (χ3v) is 9.45. The summed E-state index contributed by atoms with van der Waals surface area (Å²) in [5.41, 5.74) is 1.08. The summed E-state index contributed by atoms with van der Waals surface area (Å²) in [6.45, 7) is 0. The van der Waals surface area contributed by atoms with Crippen LogP contribution >= 0.6 is 7.26 Å². The Hall–Kier alpha value is -2.99. The molecule has 0 spiro atoms. The summed E-state index contributed by atoms with van der Waals surface area (Å²) < 4.78 is 0. The van der Waals surface area contributed by atoms with E-state index in [1.807, 2.05) is 48.6 Å². The van der Waals surface area contributed by atoms with Crippen molar-refractivity contribution in [2.75, 3.05) is 0 Å². The largest absolute Gasteiger partial charge is 0.355 e. The number of hydrogen-bond acceptors (Lipinski definition) is 1. The van der Waals surface area contributed by atoms with E-state index in [4.69, 9.17) is 0 Å². The second-order valence-electron chi connectivity index (χ2n) is 6.91. The van der Waals surface area contributed by atoms with Crippen molar-refractivity contribution in [1.82, 2.24) is 0 Å². The molecule has 0 heterocycles. The number of rotatable bonds is 6. The zero-order valence-corrected chi connectivity index (χ0v) is 17.1. The molecule has 142 valence electrons. The third kappa shape index (κ3) is 3.93. The SMILES string of the molecule is OC(C=Cc1ccccc1)[P+](c1ccccc1)(c1ccccc1)c1ccccc1. The molecule has 4 rings (SSSR count). The molecule has 0 aliphatic carbocycles. The first kappa shape index (κ1) is 19.3. The van der Waals surface area contributed by atoms with E-state index < -0.39 is 13.1 Å². The summed E-state index contributed by atoms with van der Waals surface area (Å²) in [7, 11) is -2.31. The van der Waals surface area contributed by atoms with Crippen molar-refractivity contribution in [1.29, 1.82) is 0 Å². The molecule has 0 amide bonds. The standard InChI is InChI=1S/C27H24OP/c28-27(22-21-23-13-5-1-6-14-23)29(24-15-7-2-8-16-24,25-17-9-3-10-18-25)26-19-11-4-12-20-26/h1-22,27-28H/q+1. The van der Waals surface area contributed by atoms with E-state index in [1.165, 1.54) is 15.9 Å². The van der Waals surface area contributed by atoms with Crippen molar-refractivity contribution >= 4 is 29.3 Å². The van der Waals surface area contributed by atoms with Crippen molar-refractivity contribution in [3.63, 3.8) is 0 Å². The van der Waals surface area contributed by atoms with Gasteiger partial charge >= 0.3 is 0 Å². The summed E-state index contributed by atoms with van der Waals surface area (Å²) in [5, 5.41) is 15.3. The molecule has 0 aliphatic heterocycles. The van der Waals surface area contributed by atoms with Crippen molar-refractivity contribution in [2.45, 2.75) is 5.85 Å². The Balaban J connectivity index is 1.94. The minimum Gasteiger partial charge on any atom is -0.355 e. The normalized spacial score (nSPS) is 12.7. The van der Waals surface area contributed by atoms with E-state index in [1.54, 1.807) is 0 Å². The molecular weight excluding hydrogens is 371 g/mol. The minimum atomic E-state index is -2.31. The first-order chi connectivity index (χ1) is 14.3. The zero-order chi connectivity index (χ0) is 19.9. The lowest BCUT2D eigenvalue weighted by atomic mass is 10.2. The fraction of sp³-hybridized carbons (Fsp3) is 0.0370. The van der Waals surface area contributed by atoms with Gasteiger partial charge in [-0.3, -0.25) is 0 Å². The fourth-order valence-electron chi connectivity index (χ4n) is 3.79. The first-order valence-electron chi connectivity index (χ1n) is 9.79. The lowest BCUT2D eigenvalue weighted by Gasteiger charge is -2.30. The molecule has 2 heteroatoms. The van der Waals surface area contributed by atoms with Crippen molar-refractivity contribution in [3.8, 4) is 0 Å². The quantitative estimate of drug-likeness (QED) is 0.455. The Bertz CT molecular complexity index is 948. The van der Waals surface area contributed by atoms with Gasteiger partial charge in [0.1, 0.15) is 23.2 Å². The molecule has 0 saturated carbocycles. The van der Waals surface area contributed by atoms with Crippen LogP contribution in [0.1, 0.15) is 5.56 Å². The van der Waals surface area contributed by atoms with Gasteiger partial charge in [0.25, 0.3) is 0 Å². The molecule has 1 unspecified atom stereocenters. The van der Waals surface area contributed by atoms with Gasteiger partial charge in [-0.05, 0) is 48.0 Å². The van der Waals surface area contributed by atoms with Crippen LogP contribution in [0.5, 0.6) is 0 Å². The topological polar surface area (TPSA) is 20.2 Å². The van der Waals surface area contributed by atoms with Crippen LogP contribution in [0.3, 0.4) is 0 Å². The van der Waals surface area contributed by atoms with Gasteiger partial charge in [0, 0.05) is 0 Å². The summed E-state index contributed by atoms with van der Waals surface area (Å²) in [5.74, 6) is -0.644. The van der Waals surface area contributed by atoms with Crippen LogP contribution in [-0.4, -0.2) is 11.0 Å². The molecule has 4 aromatic rings. The second kappa shape index (κ2) is 9.01. The van der Waals surface area contributed by atoms with E-state index in [9.17, 15) is 5.11 Å². The molecule has 29 heavy (non-hydrogen) atoms. The smallest absolute Gasteiger partial charge is 0.197 e. The highest BCUT2D eigenvalue weighted by molar-refractivity contribution is 7.96. The Kier molecular flexibility index (Phi) is 6.00. The minimum absolute atomic E-state index is 0.644. The third-order valence-electron chi connectivity index (χ3n) is 5.15. The Morgan fingerprint density at radius 3 is 1.24 bits per heavy atom. The molecule has 0 aromatic heterocycles. The fourth-order valence-corrected chi connectivity index (χ4v) is 7.87. The molecule has 1 N–H and O–H groups in total. The van der Waals surface area contributed by atoms with Crippen molar-refractivity contribution in [3.05, 3.63) is 133 Å². The van der Waals surface area contributed by atoms with Gasteiger partial charge in [-0.2, -0.15) is 0 Å². The van der Waals surface area contributed by atoms with Crippen molar-refractivity contribution in [2.24, 2.45) is 0 Å². The average Bonchev–Trinajstić information content (AvgIpc) is 2.81. The molecule has 0 saturated heterocycles. The van der Waals surface area contributed by atoms with Crippen LogP contribution in [0.25, 0.3) is 6.08 Å². The number of hydrogen-bond donors (Lipinski definition) is 1. The van der Waals surface area contributed by atoms with Crippen LogP contribution in [0.2, 0.25) is 0 Å². The number of benzene rings is 4. The molecule has 0 bridgehead atoms. The van der Waals surface area contributed by atoms with Gasteiger partial charge in [0.05, 0.1) is 0 Å². The van der Waals surface area contributed by atoms with Crippen LogP contribution < -0.4 is 15.9 Å². The first-order valence-corrected chi connectivity index (χ1v) is 11.6. The van der Waals surface area contributed by atoms with Crippen LogP contribution in [0.4, 0.5) is 0 Å². The number of aliphatic hydroxyl groups excluding tert-OH is 1. The molecule has 0 fully saturated rings. The Morgan fingerprint density at radius 1 is 0.517 bits per heavy atom. The highest BCUT2D eigenvalue weighted by Crippen LogP contribution is 2.59.